The lowest BCUT2D eigenvalue weighted by Gasteiger charge is -2.29. The lowest BCUT2D eigenvalue weighted by Crippen LogP contribution is -2.33. The number of allylic oxidation sites excluding steroid dienone is 2. The topological polar surface area (TPSA) is 35.5 Å². The van der Waals surface area contributed by atoms with Crippen molar-refractivity contribution in [1.29, 1.82) is 0 Å². The molecule has 0 aromatic heterocycles. The van der Waals surface area contributed by atoms with E-state index in [4.69, 9.17) is 9.47 Å². The minimum atomic E-state index is -1.27. The summed E-state index contributed by atoms with van der Waals surface area (Å²) >= 11 is 0. The summed E-state index contributed by atoms with van der Waals surface area (Å²) in [7, 11) is -2.55. The van der Waals surface area contributed by atoms with Gasteiger partial charge in [0.15, 0.2) is 0 Å². The van der Waals surface area contributed by atoms with Crippen LogP contribution in [-0.2, 0) is 9.47 Å². The van der Waals surface area contributed by atoms with Crippen LogP contribution in [0, 0.1) is 0 Å². The standard InChI is InChI=1S/C23H46O3Si2/c1-9-27(10-2,11-3)21(7)17-15-19-25-23(24)26-20-16-18-22(8)28(12-4,13-5)14-6/h17-18H,9-16,19-20H2,1-8H3. The van der Waals surface area contributed by atoms with Gasteiger partial charge in [-0.2, -0.15) is 0 Å². The third kappa shape index (κ3) is 7.90. The van der Waals surface area contributed by atoms with Crippen molar-refractivity contribution >= 4 is 22.3 Å². The zero-order chi connectivity index (χ0) is 21.6. The van der Waals surface area contributed by atoms with E-state index in [1.165, 1.54) is 36.3 Å². The van der Waals surface area contributed by atoms with Crippen LogP contribution >= 0.6 is 0 Å². The minimum absolute atomic E-state index is 0.407. The highest BCUT2D eigenvalue weighted by molar-refractivity contribution is 6.86. The second kappa shape index (κ2) is 14.2. The van der Waals surface area contributed by atoms with E-state index in [-0.39, 0.29) is 0 Å². The number of hydrogen-bond acceptors (Lipinski definition) is 3. The van der Waals surface area contributed by atoms with Crippen LogP contribution in [-0.4, -0.2) is 35.5 Å². The van der Waals surface area contributed by atoms with Crippen LogP contribution in [0.15, 0.2) is 22.5 Å². The van der Waals surface area contributed by atoms with Gasteiger partial charge in [-0.1, -0.05) is 100 Å². The Morgan fingerprint density at radius 3 is 1.18 bits per heavy atom. The van der Waals surface area contributed by atoms with Crippen LogP contribution in [0.3, 0.4) is 0 Å². The predicted molar refractivity (Wildman–Crippen MR) is 128 cm³/mol. The fourth-order valence-corrected chi connectivity index (χ4v) is 12.0. The zero-order valence-electron chi connectivity index (χ0n) is 20.0. The summed E-state index contributed by atoms with van der Waals surface area (Å²) in [6.45, 7) is 19.2. The van der Waals surface area contributed by atoms with Crippen LogP contribution in [0.25, 0.3) is 0 Å². The van der Waals surface area contributed by atoms with Crippen molar-refractivity contribution in [3.63, 3.8) is 0 Å². The molecule has 0 saturated carbocycles. The first-order valence-corrected chi connectivity index (χ1v) is 16.7. The van der Waals surface area contributed by atoms with Crippen molar-refractivity contribution in [3.8, 4) is 0 Å². The van der Waals surface area contributed by atoms with E-state index < -0.39 is 22.3 Å². The van der Waals surface area contributed by atoms with Crippen LogP contribution in [0.5, 0.6) is 0 Å². The van der Waals surface area contributed by atoms with Crippen molar-refractivity contribution in [1.82, 2.24) is 0 Å². The van der Waals surface area contributed by atoms with Crippen LogP contribution in [0.4, 0.5) is 4.79 Å². The van der Waals surface area contributed by atoms with Gasteiger partial charge in [0.1, 0.15) is 0 Å². The highest BCUT2D eigenvalue weighted by atomic mass is 28.3. The summed E-state index contributed by atoms with van der Waals surface area (Å²) < 4.78 is 10.5. The number of ether oxygens (including phenoxy) is 2. The average molecular weight is 427 g/mol. The molecule has 0 heterocycles. The second-order valence-corrected chi connectivity index (χ2v) is 18.9. The molecule has 0 radical (unpaired) electrons. The molecule has 0 fully saturated rings. The monoisotopic (exact) mass is 426 g/mol. The zero-order valence-corrected chi connectivity index (χ0v) is 22.0. The normalized spacial score (nSPS) is 13.6. The molecule has 0 aliphatic rings. The third-order valence-corrected chi connectivity index (χ3v) is 19.2. The first kappa shape index (κ1) is 27.2. The molecule has 0 bridgehead atoms. The molecular weight excluding hydrogens is 380 g/mol. The van der Waals surface area contributed by atoms with Gasteiger partial charge >= 0.3 is 6.16 Å². The Morgan fingerprint density at radius 1 is 0.643 bits per heavy atom. The minimum Gasteiger partial charge on any atom is -0.434 e. The smallest absolute Gasteiger partial charge is 0.434 e. The molecule has 0 rings (SSSR count). The Labute approximate surface area is 177 Å². The van der Waals surface area contributed by atoms with Gasteiger partial charge in [-0.25, -0.2) is 4.79 Å². The number of rotatable bonds is 14. The van der Waals surface area contributed by atoms with E-state index in [0.717, 1.165) is 12.8 Å². The summed E-state index contributed by atoms with van der Waals surface area (Å²) in [6, 6.07) is 7.73. The fourth-order valence-electron chi connectivity index (χ4n) is 4.48. The van der Waals surface area contributed by atoms with Gasteiger partial charge in [-0.3, -0.25) is 0 Å². The maximum Gasteiger partial charge on any atom is 0.508 e. The lowest BCUT2D eigenvalue weighted by atomic mass is 10.4. The third-order valence-electron chi connectivity index (χ3n) is 7.31. The summed E-state index contributed by atoms with van der Waals surface area (Å²) in [6.07, 6.45) is 5.60. The van der Waals surface area contributed by atoms with Crippen molar-refractivity contribution in [2.45, 2.75) is 104 Å². The van der Waals surface area contributed by atoms with E-state index >= 15 is 0 Å². The lowest BCUT2D eigenvalue weighted by molar-refractivity contribution is 0.0577. The van der Waals surface area contributed by atoms with Gasteiger partial charge < -0.3 is 9.47 Å². The quantitative estimate of drug-likeness (QED) is 0.161. The highest BCUT2D eigenvalue weighted by Gasteiger charge is 2.29. The maximum atomic E-state index is 11.8. The fraction of sp³-hybridized carbons (Fsp3) is 0.783. The molecule has 0 spiro atoms. The molecule has 3 nitrogen and oxygen atoms in total. The number of hydrogen-bond donors (Lipinski definition) is 0. The molecule has 0 aliphatic carbocycles. The Morgan fingerprint density at radius 2 is 0.929 bits per heavy atom. The molecule has 164 valence electrons. The molecule has 0 aromatic rings. The SMILES string of the molecule is CC[Si](CC)(CC)C(C)=CCCOC(=O)OCCC=C(C)[Si](CC)(CC)CC. The molecule has 0 atom stereocenters. The van der Waals surface area contributed by atoms with Crippen molar-refractivity contribution in [2.75, 3.05) is 13.2 Å². The molecule has 0 aromatic carbocycles. The maximum absolute atomic E-state index is 11.8. The summed E-state index contributed by atoms with van der Waals surface area (Å²) in [5.41, 5.74) is 0. The second-order valence-electron chi connectivity index (χ2n) is 7.98. The Kier molecular flexibility index (Phi) is 13.8. The van der Waals surface area contributed by atoms with Crippen LogP contribution < -0.4 is 0 Å². The average Bonchev–Trinajstić information content (AvgIpc) is 2.72. The van der Waals surface area contributed by atoms with Gasteiger partial charge in [0, 0.05) is 0 Å². The molecule has 0 aliphatic heterocycles. The molecule has 0 saturated heterocycles. The first-order chi connectivity index (χ1) is 13.3. The van der Waals surface area contributed by atoms with Crippen LogP contribution in [0.1, 0.15) is 68.2 Å². The Balaban J connectivity index is 4.32. The molecule has 0 unspecified atom stereocenters. The van der Waals surface area contributed by atoms with Gasteiger partial charge in [-0.15, -0.1) is 0 Å². The molecule has 0 N–H and O–H groups in total. The van der Waals surface area contributed by atoms with Gasteiger partial charge in [0.25, 0.3) is 0 Å². The summed E-state index contributed by atoms with van der Waals surface area (Å²) in [5.74, 6) is 0. The first-order valence-electron chi connectivity index (χ1n) is 11.4. The van der Waals surface area contributed by atoms with E-state index in [2.05, 4.69) is 67.5 Å². The van der Waals surface area contributed by atoms with Crippen LogP contribution in [0.2, 0.25) is 36.3 Å². The summed E-state index contributed by atoms with van der Waals surface area (Å²) in [5, 5.41) is 3.10. The van der Waals surface area contributed by atoms with E-state index in [1.807, 2.05) is 0 Å². The van der Waals surface area contributed by atoms with E-state index in [0.29, 0.717) is 13.2 Å². The van der Waals surface area contributed by atoms with Crippen molar-refractivity contribution < 1.29 is 14.3 Å². The predicted octanol–water partition coefficient (Wildman–Crippen LogP) is 7.91. The Bertz CT molecular complexity index is 443. The molecule has 0 amide bonds. The highest BCUT2D eigenvalue weighted by Crippen LogP contribution is 2.29. The van der Waals surface area contributed by atoms with E-state index in [1.54, 1.807) is 10.4 Å². The Hall–Kier alpha value is -0.816. The largest absolute Gasteiger partial charge is 0.508 e. The van der Waals surface area contributed by atoms with E-state index in [9.17, 15) is 4.79 Å². The molecular formula is C23H46O3Si2. The van der Waals surface area contributed by atoms with Gasteiger partial charge in [0.2, 0.25) is 0 Å². The molecule has 5 heteroatoms. The number of carbonyl (C=O) groups excluding carboxylic acids is 1. The van der Waals surface area contributed by atoms with Crippen molar-refractivity contribution in [3.05, 3.63) is 22.5 Å². The number of carbonyl (C=O) groups is 1. The van der Waals surface area contributed by atoms with Gasteiger partial charge in [0.05, 0.1) is 29.4 Å². The van der Waals surface area contributed by atoms with Gasteiger partial charge in [-0.05, 0) is 26.7 Å². The summed E-state index contributed by atoms with van der Waals surface area (Å²) in [4.78, 5) is 11.8. The molecule has 28 heavy (non-hydrogen) atoms. The van der Waals surface area contributed by atoms with Crippen molar-refractivity contribution in [2.24, 2.45) is 0 Å².